The number of rotatable bonds is 4. The molecular formula is C13H10F3N3O3S. The summed E-state index contributed by atoms with van der Waals surface area (Å²) in [5, 5.41) is 4.03. The number of nitrogens with two attached hydrogens (primary N) is 1. The molecule has 0 aliphatic heterocycles. The van der Waals surface area contributed by atoms with Gasteiger partial charge in [-0.3, -0.25) is 14.4 Å². The van der Waals surface area contributed by atoms with Crippen LogP contribution in [0.4, 0.5) is 18.2 Å². The minimum Gasteiger partial charge on any atom is -0.366 e. The number of aromatic nitrogens is 1. The van der Waals surface area contributed by atoms with Gasteiger partial charge in [0.05, 0.1) is 5.56 Å². The van der Waals surface area contributed by atoms with Gasteiger partial charge in [0.2, 0.25) is 5.91 Å². The molecule has 3 N–H and O–H groups in total. The van der Waals surface area contributed by atoms with Crippen LogP contribution in [-0.2, 0) is 17.5 Å². The van der Waals surface area contributed by atoms with Gasteiger partial charge >= 0.3 is 6.18 Å². The van der Waals surface area contributed by atoms with Crippen molar-refractivity contribution >= 4 is 28.2 Å². The van der Waals surface area contributed by atoms with E-state index >= 15 is 0 Å². The van der Waals surface area contributed by atoms with Crippen LogP contribution in [0.1, 0.15) is 15.9 Å². The second-order valence-electron chi connectivity index (χ2n) is 4.43. The van der Waals surface area contributed by atoms with Crippen LogP contribution in [0.25, 0.3) is 0 Å². The fraction of sp³-hybridized carbons (Fsp3) is 0.154. The second-order valence-corrected chi connectivity index (χ2v) is 5.34. The summed E-state index contributed by atoms with van der Waals surface area (Å²) >= 11 is 1.03. The highest BCUT2D eigenvalue weighted by molar-refractivity contribution is 7.14. The lowest BCUT2D eigenvalue weighted by Gasteiger charge is -2.10. The van der Waals surface area contributed by atoms with E-state index in [1.807, 2.05) is 0 Å². The molecule has 0 aliphatic carbocycles. The Balaban J connectivity index is 2.20. The summed E-state index contributed by atoms with van der Waals surface area (Å²) in [6.07, 6.45) is -3.73. The summed E-state index contributed by atoms with van der Waals surface area (Å²) < 4.78 is 38.6. The first-order valence-corrected chi connectivity index (χ1v) is 7.02. The third-order valence-electron chi connectivity index (χ3n) is 2.82. The Morgan fingerprint density at radius 2 is 2.00 bits per heavy atom. The molecule has 122 valence electrons. The van der Waals surface area contributed by atoms with E-state index in [0.717, 1.165) is 23.6 Å². The Hall–Kier alpha value is -2.62. The summed E-state index contributed by atoms with van der Waals surface area (Å²) in [4.78, 5) is 34.7. The van der Waals surface area contributed by atoms with E-state index in [2.05, 4.69) is 5.32 Å². The van der Waals surface area contributed by atoms with Gasteiger partial charge in [0.15, 0.2) is 0 Å². The predicted octanol–water partition coefficient (Wildman–Crippen LogP) is 1.67. The van der Waals surface area contributed by atoms with Crippen LogP contribution in [0.2, 0.25) is 0 Å². The molecule has 6 nitrogen and oxygen atoms in total. The third-order valence-corrected chi connectivity index (χ3v) is 3.65. The van der Waals surface area contributed by atoms with E-state index in [9.17, 15) is 27.6 Å². The molecule has 2 aromatic rings. The van der Waals surface area contributed by atoms with E-state index in [0.29, 0.717) is 10.6 Å². The molecule has 0 fully saturated rings. The van der Waals surface area contributed by atoms with E-state index in [1.54, 1.807) is 0 Å². The average molecular weight is 345 g/mol. The van der Waals surface area contributed by atoms with Crippen molar-refractivity contribution in [3.05, 3.63) is 51.3 Å². The first-order valence-electron chi connectivity index (χ1n) is 6.14. The number of alkyl halides is 3. The van der Waals surface area contributed by atoms with Gasteiger partial charge in [-0.15, -0.1) is 11.3 Å². The fourth-order valence-electron chi connectivity index (χ4n) is 1.80. The molecule has 2 rings (SSSR count). The van der Waals surface area contributed by atoms with Crippen molar-refractivity contribution in [3.8, 4) is 0 Å². The number of hydrogen-bond donors (Lipinski definition) is 2. The van der Waals surface area contributed by atoms with Gasteiger partial charge in [-0.05, 0) is 23.6 Å². The highest BCUT2D eigenvalue weighted by atomic mass is 32.1. The van der Waals surface area contributed by atoms with Crippen LogP contribution in [-0.4, -0.2) is 16.4 Å². The Labute approximate surface area is 131 Å². The zero-order chi connectivity index (χ0) is 17.2. The van der Waals surface area contributed by atoms with Crippen LogP contribution in [0.5, 0.6) is 0 Å². The van der Waals surface area contributed by atoms with E-state index < -0.39 is 35.7 Å². The largest absolute Gasteiger partial charge is 0.421 e. The number of hydrogen-bond acceptors (Lipinski definition) is 4. The highest BCUT2D eigenvalue weighted by Crippen LogP contribution is 2.26. The molecule has 2 aromatic heterocycles. The van der Waals surface area contributed by atoms with Crippen LogP contribution in [0.3, 0.4) is 0 Å². The molecule has 0 aromatic carbocycles. The van der Waals surface area contributed by atoms with Gasteiger partial charge in [-0.1, -0.05) is 0 Å². The summed E-state index contributed by atoms with van der Waals surface area (Å²) in [7, 11) is 0. The molecular weight excluding hydrogens is 335 g/mol. The Bertz CT molecular complexity index is 811. The normalized spacial score (nSPS) is 11.3. The van der Waals surface area contributed by atoms with Crippen molar-refractivity contribution < 1.29 is 22.8 Å². The number of halogens is 3. The number of amides is 2. The maximum Gasteiger partial charge on any atom is 0.421 e. The van der Waals surface area contributed by atoms with Crippen LogP contribution >= 0.6 is 11.3 Å². The zero-order valence-corrected chi connectivity index (χ0v) is 12.2. The van der Waals surface area contributed by atoms with Crippen molar-refractivity contribution in [1.82, 2.24) is 4.57 Å². The van der Waals surface area contributed by atoms with E-state index in [4.69, 9.17) is 5.73 Å². The SMILES string of the molecule is NC(=O)c1ccsc1NC(=O)Cn1cccc(C(F)(F)F)c1=O. The molecule has 0 atom stereocenters. The van der Waals surface area contributed by atoms with Crippen molar-refractivity contribution in [1.29, 1.82) is 0 Å². The number of thiophene rings is 1. The second kappa shape index (κ2) is 6.24. The van der Waals surface area contributed by atoms with Crippen molar-refractivity contribution in [2.75, 3.05) is 5.32 Å². The molecule has 0 radical (unpaired) electrons. The van der Waals surface area contributed by atoms with Crippen molar-refractivity contribution in [2.24, 2.45) is 5.73 Å². The summed E-state index contributed by atoms with van der Waals surface area (Å²) in [5.41, 5.74) is 2.52. The molecule has 0 saturated carbocycles. The quantitative estimate of drug-likeness (QED) is 0.882. The molecule has 0 saturated heterocycles. The lowest BCUT2D eigenvalue weighted by molar-refractivity contribution is -0.139. The predicted molar refractivity (Wildman–Crippen MR) is 77.2 cm³/mol. The smallest absolute Gasteiger partial charge is 0.366 e. The average Bonchev–Trinajstić information content (AvgIpc) is 2.88. The van der Waals surface area contributed by atoms with Crippen molar-refractivity contribution in [3.63, 3.8) is 0 Å². The van der Waals surface area contributed by atoms with Gasteiger partial charge < -0.3 is 15.6 Å². The number of carbonyl (C=O) groups excluding carboxylic acids is 2. The molecule has 0 spiro atoms. The molecule has 0 bridgehead atoms. The Morgan fingerprint density at radius 1 is 1.30 bits per heavy atom. The van der Waals surface area contributed by atoms with Crippen LogP contribution in [0, 0.1) is 0 Å². The molecule has 10 heteroatoms. The third kappa shape index (κ3) is 3.77. The number of pyridine rings is 1. The number of anilines is 1. The number of nitrogens with one attached hydrogen (secondary N) is 1. The van der Waals surface area contributed by atoms with Gasteiger partial charge in [0.25, 0.3) is 11.5 Å². The summed E-state index contributed by atoms with van der Waals surface area (Å²) in [6.45, 7) is -0.626. The van der Waals surface area contributed by atoms with Gasteiger partial charge in [0.1, 0.15) is 17.1 Å². The van der Waals surface area contributed by atoms with Gasteiger partial charge in [-0.25, -0.2) is 0 Å². The summed E-state index contributed by atoms with van der Waals surface area (Å²) in [5.74, 6) is -1.51. The first kappa shape index (κ1) is 16.7. The highest BCUT2D eigenvalue weighted by Gasteiger charge is 2.34. The van der Waals surface area contributed by atoms with Crippen LogP contribution in [0.15, 0.2) is 34.6 Å². The standard InChI is InChI=1S/C13H10F3N3O3S/c14-13(15,16)8-2-1-4-19(12(8)22)6-9(20)18-11-7(10(17)21)3-5-23-11/h1-5H,6H2,(H2,17,21)(H,18,20). The molecule has 23 heavy (non-hydrogen) atoms. The number of nitrogens with zero attached hydrogens (tertiary/aromatic N) is 1. The van der Waals surface area contributed by atoms with Gasteiger partial charge in [0, 0.05) is 6.20 Å². The Kier molecular flexibility index (Phi) is 4.55. The number of primary amides is 1. The minimum atomic E-state index is -4.80. The molecule has 2 amide bonds. The monoisotopic (exact) mass is 345 g/mol. The van der Waals surface area contributed by atoms with Gasteiger partial charge in [-0.2, -0.15) is 13.2 Å². The van der Waals surface area contributed by atoms with E-state index in [-0.39, 0.29) is 10.6 Å². The topological polar surface area (TPSA) is 94.2 Å². The zero-order valence-electron chi connectivity index (χ0n) is 11.4. The fourth-order valence-corrected chi connectivity index (χ4v) is 2.61. The first-order chi connectivity index (χ1) is 10.7. The molecule has 0 unspecified atom stereocenters. The molecule has 0 aliphatic rings. The lowest BCUT2D eigenvalue weighted by atomic mass is 10.2. The van der Waals surface area contributed by atoms with Crippen LogP contribution < -0.4 is 16.6 Å². The number of carbonyl (C=O) groups is 2. The molecule has 2 heterocycles. The maximum atomic E-state index is 12.6. The summed E-state index contributed by atoms with van der Waals surface area (Å²) in [6, 6.07) is 3.07. The van der Waals surface area contributed by atoms with E-state index in [1.165, 1.54) is 11.4 Å². The lowest BCUT2D eigenvalue weighted by Crippen LogP contribution is -2.32. The maximum absolute atomic E-state index is 12.6. The van der Waals surface area contributed by atoms with Crippen molar-refractivity contribution in [2.45, 2.75) is 12.7 Å². The minimum absolute atomic E-state index is 0.0831. The Morgan fingerprint density at radius 3 is 2.61 bits per heavy atom.